The number of halogens is 1. The van der Waals surface area contributed by atoms with Crippen LogP contribution in [0.5, 0.6) is 0 Å². The van der Waals surface area contributed by atoms with E-state index in [0.717, 1.165) is 11.5 Å². The fourth-order valence-electron chi connectivity index (χ4n) is 1.66. The van der Waals surface area contributed by atoms with Crippen LogP contribution in [0.3, 0.4) is 0 Å². The number of aromatic nitrogens is 1. The van der Waals surface area contributed by atoms with Crippen molar-refractivity contribution in [3.05, 3.63) is 46.5 Å². The van der Waals surface area contributed by atoms with Gasteiger partial charge in [0.25, 0.3) is 0 Å². The molecule has 2 aromatic heterocycles. The highest BCUT2D eigenvalue weighted by molar-refractivity contribution is 6.34. The van der Waals surface area contributed by atoms with E-state index in [1.807, 2.05) is 37.1 Å². The minimum atomic E-state index is 0.366. The van der Waals surface area contributed by atoms with Gasteiger partial charge in [-0.1, -0.05) is 11.6 Å². The minimum Gasteiger partial charge on any atom is -0.464 e. The van der Waals surface area contributed by atoms with Crippen LogP contribution in [-0.2, 0) is 6.54 Å². The first kappa shape index (κ1) is 12.5. The Morgan fingerprint density at radius 3 is 2.83 bits per heavy atom. The Labute approximate surface area is 110 Å². The van der Waals surface area contributed by atoms with Gasteiger partial charge in [0.15, 0.2) is 0 Å². The summed E-state index contributed by atoms with van der Waals surface area (Å²) in [4.78, 5) is 6.04. The van der Waals surface area contributed by atoms with E-state index in [0.29, 0.717) is 22.9 Å². The SMILES string of the molecule is Cc1ccc(CN(C)c2nccc(C#N)c2Cl)o1. The van der Waals surface area contributed by atoms with Crippen LogP contribution in [0.2, 0.25) is 5.02 Å². The molecule has 0 saturated carbocycles. The third-order valence-corrected chi connectivity index (χ3v) is 2.91. The van der Waals surface area contributed by atoms with Gasteiger partial charge in [-0.15, -0.1) is 0 Å². The van der Waals surface area contributed by atoms with Crippen molar-refractivity contribution in [3.8, 4) is 6.07 Å². The second-order valence-electron chi connectivity index (χ2n) is 3.98. The summed E-state index contributed by atoms with van der Waals surface area (Å²) in [5, 5.41) is 9.28. The van der Waals surface area contributed by atoms with E-state index in [1.165, 1.54) is 0 Å². The number of nitriles is 1. The zero-order valence-electron chi connectivity index (χ0n) is 10.1. The van der Waals surface area contributed by atoms with E-state index in [4.69, 9.17) is 21.3 Å². The molecule has 5 heteroatoms. The third-order valence-electron chi connectivity index (χ3n) is 2.54. The summed E-state index contributed by atoms with van der Waals surface area (Å²) in [6, 6.07) is 7.45. The molecule has 2 aromatic rings. The van der Waals surface area contributed by atoms with E-state index in [9.17, 15) is 0 Å². The van der Waals surface area contributed by atoms with Crippen molar-refractivity contribution in [2.45, 2.75) is 13.5 Å². The highest BCUT2D eigenvalue weighted by atomic mass is 35.5. The molecule has 0 aliphatic heterocycles. The summed E-state index contributed by atoms with van der Waals surface area (Å²) >= 11 is 6.12. The van der Waals surface area contributed by atoms with Gasteiger partial charge in [-0.2, -0.15) is 5.26 Å². The number of furan rings is 1. The van der Waals surface area contributed by atoms with E-state index in [-0.39, 0.29) is 0 Å². The van der Waals surface area contributed by atoms with Crippen molar-refractivity contribution in [1.29, 1.82) is 5.26 Å². The number of hydrogen-bond donors (Lipinski definition) is 0. The monoisotopic (exact) mass is 261 g/mol. The Kier molecular flexibility index (Phi) is 3.54. The quantitative estimate of drug-likeness (QED) is 0.852. The summed E-state index contributed by atoms with van der Waals surface area (Å²) in [7, 11) is 1.85. The molecule has 0 radical (unpaired) electrons. The van der Waals surface area contributed by atoms with Crippen LogP contribution in [0.25, 0.3) is 0 Å². The van der Waals surface area contributed by atoms with Gasteiger partial charge < -0.3 is 9.32 Å². The smallest absolute Gasteiger partial charge is 0.148 e. The van der Waals surface area contributed by atoms with Gasteiger partial charge in [0.2, 0.25) is 0 Å². The Morgan fingerprint density at radius 2 is 2.22 bits per heavy atom. The maximum Gasteiger partial charge on any atom is 0.148 e. The average Bonchev–Trinajstić information content (AvgIpc) is 2.75. The van der Waals surface area contributed by atoms with Crippen LogP contribution < -0.4 is 4.90 Å². The average molecular weight is 262 g/mol. The molecular formula is C13H12ClN3O. The van der Waals surface area contributed by atoms with Crippen LogP contribution >= 0.6 is 11.6 Å². The highest BCUT2D eigenvalue weighted by Gasteiger charge is 2.13. The van der Waals surface area contributed by atoms with Crippen LogP contribution in [0.4, 0.5) is 5.82 Å². The zero-order valence-corrected chi connectivity index (χ0v) is 10.9. The first-order valence-electron chi connectivity index (χ1n) is 5.43. The molecule has 0 N–H and O–H groups in total. The number of pyridine rings is 1. The number of hydrogen-bond acceptors (Lipinski definition) is 4. The maximum absolute atomic E-state index is 8.92. The van der Waals surface area contributed by atoms with Crippen molar-refractivity contribution in [2.75, 3.05) is 11.9 Å². The molecule has 0 amide bonds. The van der Waals surface area contributed by atoms with E-state index >= 15 is 0 Å². The molecule has 92 valence electrons. The van der Waals surface area contributed by atoms with Crippen molar-refractivity contribution in [1.82, 2.24) is 4.98 Å². The number of nitrogens with zero attached hydrogens (tertiary/aromatic N) is 3. The summed E-state index contributed by atoms with van der Waals surface area (Å²) in [5.74, 6) is 2.27. The molecular weight excluding hydrogens is 250 g/mol. The Bertz CT molecular complexity index is 601. The van der Waals surface area contributed by atoms with Gasteiger partial charge in [-0.3, -0.25) is 0 Å². The number of rotatable bonds is 3. The fraction of sp³-hybridized carbons (Fsp3) is 0.231. The number of anilines is 1. The third kappa shape index (κ3) is 2.47. The summed E-state index contributed by atoms with van der Waals surface area (Å²) in [5.41, 5.74) is 0.421. The van der Waals surface area contributed by atoms with Crippen LogP contribution in [-0.4, -0.2) is 12.0 Å². The molecule has 0 saturated heterocycles. The molecule has 0 aliphatic carbocycles. The number of aryl methyl sites for hydroxylation is 1. The van der Waals surface area contributed by atoms with Crippen molar-refractivity contribution >= 4 is 17.4 Å². The molecule has 0 aliphatic rings. The fourth-order valence-corrected chi connectivity index (χ4v) is 1.96. The Balaban J connectivity index is 2.24. The van der Waals surface area contributed by atoms with Gasteiger partial charge in [0.05, 0.1) is 12.1 Å². The predicted molar refractivity (Wildman–Crippen MR) is 69.5 cm³/mol. The summed E-state index contributed by atoms with van der Waals surface area (Å²) in [6.07, 6.45) is 1.57. The van der Waals surface area contributed by atoms with Gasteiger partial charge in [-0.25, -0.2) is 4.98 Å². The molecule has 0 atom stereocenters. The lowest BCUT2D eigenvalue weighted by molar-refractivity contribution is 0.481. The lowest BCUT2D eigenvalue weighted by Gasteiger charge is -2.18. The lowest BCUT2D eigenvalue weighted by atomic mass is 10.2. The Morgan fingerprint density at radius 1 is 1.44 bits per heavy atom. The van der Waals surface area contributed by atoms with E-state index < -0.39 is 0 Å². The molecule has 4 nitrogen and oxygen atoms in total. The highest BCUT2D eigenvalue weighted by Crippen LogP contribution is 2.26. The van der Waals surface area contributed by atoms with Gasteiger partial charge >= 0.3 is 0 Å². The summed E-state index contributed by atoms with van der Waals surface area (Å²) < 4.78 is 5.49. The second kappa shape index (κ2) is 5.11. The standard InChI is InChI=1S/C13H12ClN3O/c1-9-3-4-11(18-9)8-17(2)13-12(14)10(7-15)5-6-16-13/h3-6H,8H2,1-2H3. The molecule has 0 bridgehead atoms. The topological polar surface area (TPSA) is 53.1 Å². The van der Waals surface area contributed by atoms with Gasteiger partial charge in [-0.05, 0) is 25.1 Å². The van der Waals surface area contributed by atoms with Crippen molar-refractivity contribution in [2.24, 2.45) is 0 Å². The maximum atomic E-state index is 8.92. The molecule has 0 spiro atoms. The summed E-state index contributed by atoms with van der Waals surface area (Å²) in [6.45, 7) is 2.44. The molecule has 0 aromatic carbocycles. The molecule has 0 unspecified atom stereocenters. The second-order valence-corrected chi connectivity index (χ2v) is 4.35. The molecule has 2 heterocycles. The molecule has 0 fully saturated rings. The minimum absolute atomic E-state index is 0.366. The van der Waals surface area contributed by atoms with Crippen molar-refractivity contribution < 1.29 is 4.42 Å². The van der Waals surface area contributed by atoms with Crippen LogP contribution in [0, 0.1) is 18.3 Å². The molecule has 18 heavy (non-hydrogen) atoms. The van der Waals surface area contributed by atoms with Crippen LogP contribution in [0.15, 0.2) is 28.8 Å². The first-order valence-corrected chi connectivity index (χ1v) is 5.80. The van der Waals surface area contributed by atoms with E-state index in [2.05, 4.69) is 4.98 Å². The van der Waals surface area contributed by atoms with Crippen molar-refractivity contribution in [3.63, 3.8) is 0 Å². The normalized spacial score (nSPS) is 10.1. The van der Waals surface area contributed by atoms with E-state index in [1.54, 1.807) is 12.3 Å². The predicted octanol–water partition coefficient (Wildman–Crippen LogP) is 3.14. The first-order chi connectivity index (χ1) is 8.61. The largest absolute Gasteiger partial charge is 0.464 e. The zero-order chi connectivity index (χ0) is 13.1. The van der Waals surface area contributed by atoms with Crippen LogP contribution in [0.1, 0.15) is 17.1 Å². The van der Waals surface area contributed by atoms with Gasteiger partial charge in [0.1, 0.15) is 28.4 Å². The lowest BCUT2D eigenvalue weighted by Crippen LogP contribution is -2.18. The Hall–Kier alpha value is -1.99. The van der Waals surface area contributed by atoms with Gasteiger partial charge in [0, 0.05) is 13.2 Å². The molecule has 2 rings (SSSR count).